The maximum atomic E-state index is 13.5. The molecule has 2 aromatic carbocycles. The third-order valence-electron chi connectivity index (χ3n) is 5.44. The van der Waals surface area contributed by atoms with Crippen LogP contribution < -0.4 is 11.1 Å². The average Bonchev–Trinajstić information content (AvgIpc) is 3.15. The van der Waals surface area contributed by atoms with Gasteiger partial charge in [-0.05, 0) is 41.2 Å². The number of hydrogen-bond acceptors (Lipinski definition) is 5. The van der Waals surface area contributed by atoms with Crippen molar-refractivity contribution in [2.45, 2.75) is 18.8 Å². The normalized spacial score (nSPS) is 13.2. The van der Waals surface area contributed by atoms with Crippen molar-refractivity contribution < 1.29 is 4.79 Å². The Morgan fingerprint density at radius 1 is 0.967 bits per heavy atom. The maximum absolute atomic E-state index is 13.5. The van der Waals surface area contributed by atoms with Crippen molar-refractivity contribution in [3.63, 3.8) is 0 Å². The van der Waals surface area contributed by atoms with E-state index in [1.54, 1.807) is 18.6 Å². The van der Waals surface area contributed by atoms with Gasteiger partial charge in [0.2, 0.25) is 5.91 Å². The van der Waals surface area contributed by atoms with Gasteiger partial charge in [-0.15, -0.1) is 0 Å². The van der Waals surface area contributed by atoms with Crippen molar-refractivity contribution in [2.75, 3.05) is 11.1 Å². The van der Waals surface area contributed by atoms with Gasteiger partial charge in [0.1, 0.15) is 0 Å². The molecule has 1 aliphatic rings. The van der Waals surface area contributed by atoms with Gasteiger partial charge in [0.05, 0.1) is 16.5 Å². The van der Waals surface area contributed by atoms with Gasteiger partial charge in [0, 0.05) is 24.2 Å². The summed E-state index contributed by atoms with van der Waals surface area (Å²) in [4.78, 5) is 22.9. The van der Waals surface area contributed by atoms with E-state index in [0.717, 1.165) is 34.4 Å². The summed E-state index contributed by atoms with van der Waals surface area (Å²) in [6.07, 6.45) is 6.95. The second kappa shape index (κ2) is 7.72. The van der Waals surface area contributed by atoms with Crippen LogP contribution in [0.4, 0.5) is 10.8 Å². The third kappa shape index (κ3) is 3.46. The number of nitrogens with zero attached hydrogens (tertiary/aromatic N) is 2. The lowest BCUT2D eigenvalue weighted by Crippen LogP contribution is -2.23. The monoisotopic (exact) mass is 412 g/mol. The molecule has 2 aromatic heterocycles. The first kappa shape index (κ1) is 18.5. The number of nitrogens with one attached hydrogen (secondary N) is 1. The highest BCUT2D eigenvalue weighted by molar-refractivity contribution is 7.19. The zero-order valence-corrected chi connectivity index (χ0v) is 17.0. The molecule has 0 aliphatic heterocycles. The van der Waals surface area contributed by atoms with Crippen LogP contribution in [0.2, 0.25) is 0 Å². The number of benzene rings is 2. The van der Waals surface area contributed by atoms with Crippen LogP contribution in [0, 0.1) is 0 Å². The van der Waals surface area contributed by atoms with Gasteiger partial charge in [-0.2, -0.15) is 0 Å². The fourth-order valence-corrected chi connectivity index (χ4v) is 4.84. The molecule has 0 atom stereocenters. The molecule has 0 radical (unpaired) electrons. The first-order valence-electron chi connectivity index (χ1n) is 9.82. The second-order valence-electron chi connectivity index (χ2n) is 7.36. The summed E-state index contributed by atoms with van der Waals surface area (Å²) in [5.41, 5.74) is 11.9. The first-order valence-corrected chi connectivity index (χ1v) is 10.6. The molecule has 2 heterocycles. The molecule has 4 aromatic rings. The van der Waals surface area contributed by atoms with Crippen LogP contribution in [0.5, 0.6) is 0 Å². The van der Waals surface area contributed by atoms with Gasteiger partial charge in [-0.25, -0.2) is 4.98 Å². The number of pyridine rings is 1. The molecule has 0 unspecified atom stereocenters. The number of anilines is 2. The number of aromatic nitrogens is 2. The topological polar surface area (TPSA) is 80.9 Å². The second-order valence-corrected chi connectivity index (χ2v) is 8.39. The quantitative estimate of drug-likeness (QED) is 0.513. The minimum Gasteiger partial charge on any atom is -0.397 e. The van der Waals surface area contributed by atoms with Crippen molar-refractivity contribution in [3.8, 4) is 10.4 Å². The Morgan fingerprint density at radius 3 is 2.30 bits per heavy atom. The Kier molecular flexibility index (Phi) is 4.77. The van der Waals surface area contributed by atoms with Crippen molar-refractivity contribution in [1.29, 1.82) is 0 Å². The Labute approximate surface area is 178 Å². The van der Waals surface area contributed by atoms with E-state index < -0.39 is 0 Å². The van der Waals surface area contributed by atoms with Gasteiger partial charge in [0.25, 0.3) is 0 Å². The number of fused-ring (bicyclic) bond motifs is 2. The molecular formula is C24H20N4OS. The predicted molar refractivity (Wildman–Crippen MR) is 121 cm³/mol. The van der Waals surface area contributed by atoms with E-state index in [2.05, 4.69) is 39.6 Å². The predicted octanol–water partition coefficient (Wildman–Crippen LogP) is 4.66. The van der Waals surface area contributed by atoms with E-state index in [0.29, 0.717) is 10.8 Å². The highest BCUT2D eigenvalue weighted by Gasteiger charge is 2.29. The minimum absolute atomic E-state index is 0.0663. The summed E-state index contributed by atoms with van der Waals surface area (Å²) in [6, 6.07) is 18.3. The third-order valence-corrected chi connectivity index (χ3v) is 6.40. The van der Waals surface area contributed by atoms with Crippen LogP contribution >= 0.6 is 11.3 Å². The molecule has 148 valence electrons. The standard InChI is InChI=1S/C24H20N4OS/c25-18-11-17(12-26-13-18)21-14-27-24(30-21)28-23(29)22-19-7-3-1-5-15(19)9-10-16-6-2-4-8-20(16)22/h1-8,11-14,22H,9-10,25H2,(H,27,28,29). The van der Waals surface area contributed by atoms with Crippen molar-refractivity contribution >= 4 is 28.1 Å². The molecular weight excluding hydrogens is 392 g/mol. The fourth-order valence-electron chi connectivity index (χ4n) is 4.04. The van der Waals surface area contributed by atoms with Crippen LogP contribution in [0.15, 0.2) is 73.2 Å². The number of thiazole rings is 1. The van der Waals surface area contributed by atoms with Crippen LogP contribution in [-0.2, 0) is 17.6 Å². The molecule has 6 heteroatoms. The number of aryl methyl sites for hydroxylation is 2. The summed E-state index contributed by atoms with van der Waals surface area (Å²) in [6.45, 7) is 0. The summed E-state index contributed by atoms with van der Waals surface area (Å²) in [5.74, 6) is -0.426. The van der Waals surface area contributed by atoms with Crippen LogP contribution in [0.1, 0.15) is 28.2 Å². The van der Waals surface area contributed by atoms with Crippen LogP contribution in [0.3, 0.4) is 0 Å². The number of nitrogen functional groups attached to an aromatic ring is 1. The molecule has 1 aliphatic carbocycles. The van der Waals surface area contributed by atoms with Gasteiger partial charge in [-0.1, -0.05) is 59.9 Å². The summed E-state index contributed by atoms with van der Waals surface area (Å²) < 4.78 is 0. The van der Waals surface area contributed by atoms with E-state index in [1.807, 2.05) is 30.3 Å². The number of carbonyl (C=O) groups excluding carboxylic acids is 1. The maximum Gasteiger partial charge on any atom is 0.238 e. The molecule has 5 rings (SSSR count). The Balaban J connectivity index is 1.48. The molecule has 0 saturated carbocycles. The lowest BCUT2D eigenvalue weighted by atomic mass is 9.87. The molecule has 0 fully saturated rings. The fraction of sp³-hybridized carbons (Fsp3) is 0.125. The van der Waals surface area contributed by atoms with Gasteiger partial charge in [0.15, 0.2) is 5.13 Å². The molecule has 5 nitrogen and oxygen atoms in total. The summed E-state index contributed by atoms with van der Waals surface area (Å²) in [5, 5.41) is 3.61. The molecule has 0 spiro atoms. The van der Waals surface area contributed by atoms with Crippen molar-refractivity contribution in [2.24, 2.45) is 0 Å². The number of hydrogen-bond donors (Lipinski definition) is 2. The Bertz CT molecular complexity index is 1190. The smallest absolute Gasteiger partial charge is 0.238 e. The first-order chi connectivity index (χ1) is 14.7. The molecule has 0 saturated heterocycles. The zero-order chi connectivity index (χ0) is 20.5. The van der Waals surface area contributed by atoms with E-state index in [-0.39, 0.29) is 11.8 Å². The number of nitrogens with two attached hydrogens (primary N) is 1. The SMILES string of the molecule is Nc1cncc(-c2cnc(NC(=O)C3c4ccccc4CCc4ccccc43)s2)c1. The van der Waals surface area contributed by atoms with Gasteiger partial charge >= 0.3 is 0 Å². The van der Waals surface area contributed by atoms with E-state index in [9.17, 15) is 4.79 Å². The van der Waals surface area contributed by atoms with Crippen LogP contribution in [-0.4, -0.2) is 15.9 Å². The lowest BCUT2D eigenvalue weighted by molar-refractivity contribution is -0.116. The molecule has 1 amide bonds. The molecule has 3 N–H and O–H groups in total. The molecule has 30 heavy (non-hydrogen) atoms. The number of rotatable bonds is 3. The number of amides is 1. The Hall–Kier alpha value is -3.51. The molecule has 0 bridgehead atoms. The van der Waals surface area contributed by atoms with Crippen LogP contribution in [0.25, 0.3) is 10.4 Å². The van der Waals surface area contributed by atoms with Gasteiger partial charge < -0.3 is 11.1 Å². The van der Waals surface area contributed by atoms with Crippen molar-refractivity contribution in [3.05, 3.63) is 95.4 Å². The lowest BCUT2D eigenvalue weighted by Gasteiger charge is -2.19. The van der Waals surface area contributed by atoms with Gasteiger partial charge in [-0.3, -0.25) is 9.78 Å². The summed E-state index contributed by atoms with van der Waals surface area (Å²) >= 11 is 1.42. The number of carbonyl (C=O) groups is 1. The van der Waals surface area contributed by atoms with E-state index >= 15 is 0 Å². The largest absolute Gasteiger partial charge is 0.397 e. The Morgan fingerprint density at radius 2 is 1.63 bits per heavy atom. The highest BCUT2D eigenvalue weighted by atomic mass is 32.1. The van der Waals surface area contributed by atoms with E-state index in [1.165, 1.54) is 22.5 Å². The highest BCUT2D eigenvalue weighted by Crippen LogP contribution is 2.36. The zero-order valence-electron chi connectivity index (χ0n) is 16.2. The average molecular weight is 413 g/mol. The van der Waals surface area contributed by atoms with Crippen molar-refractivity contribution in [1.82, 2.24) is 9.97 Å². The minimum atomic E-state index is -0.360. The summed E-state index contributed by atoms with van der Waals surface area (Å²) in [7, 11) is 0. The van der Waals surface area contributed by atoms with E-state index in [4.69, 9.17) is 5.73 Å².